The van der Waals surface area contributed by atoms with Gasteiger partial charge in [0.1, 0.15) is 0 Å². The second-order valence-corrected chi connectivity index (χ2v) is 9.31. The maximum absolute atomic E-state index is 12.8. The summed E-state index contributed by atoms with van der Waals surface area (Å²) < 4.78 is 27.3. The van der Waals surface area contributed by atoms with Crippen LogP contribution in [0.2, 0.25) is 0 Å². The van der Waals surface area contributed by atoms with Crippen LogP contribution in [0.5, 0.6) is 0 Å². The number of nitrogens with zero attached hydrogens (tertiary/aromatic N) is 2. The van der Waals surface area contributed by atoms with Crippen molar-refractivity contribution in [2.45, 2.75) is 36.5 Å². The van der Waals surface area contributed by atoms with Crippen LogP contribution < -0.4 is 4.90 Å². The van der Waals surface area contributed by atoms with Crippen molar-refractivity contribution in [3.05, 3.63) is 18.2 Å². The minimum absolute atomic E-state index is 0.00725. The van der Waals surface area contributed by atoms with E-state index in [9.17, 15) is 13.2 Å². The van der Waals surface area contributed by atoms with Crippen LogP contribution in [0.4, 0.5) is 5.69 Å². The molecule has 1 amide bonds. The van der Waals surface area contributed by atoms with E-state index in [1.807, 2.05) is 0 Å². The number of hydrogen-bond acceptors (Lipinski definition) is 4. The molecule has 3 rings (SSSR count). The Morgan fingerprint density at radius 3 is 2.57 bits per heavy atom. The predicted molar refractivity (Wildman–Crippen MR) is 92.3 cm³/mol. The first-order chi connectivity index (χ1) is 10.9. The van der Waals surface area contributed by atoms with Gasteiger partial charge in [-0.1, -0.05) is 6.92 Å². The van der Waals surface area contributed by atoms with E-state index in [1.54, 1.807) is 46.1 Å². The van der Waals surface area contributed by atoms with Crippen molar-refractivity contribution in [3.63, 3.8) is 0 Å². The minimum atomic E-state index is -3.44. The molecule has 0 saturated carbocycles. The molecule has 1 aromatic rings. The number of fused-ring (bicyclic) bond motifs is 1. The molecule has 1 fully saturated rings. The minimum Gasteiger partial charge on any atom is -0.311 e. The van der Waals surface area contributed by atoms with E-state index in [0.29, 0.717) is 30.4 Å². The van der Waals surface area contributed by atoms with Crippen molar-refractivity contribution in [1.82, 2.24) is 4.31 Å². The summed E-state index contributed by atoms with van der Waals surface area (Å²) in [5, 5.41) is 0. The topological polar surface area (TPSA) is 57.7 Å². The van der Waals surface area contributed by atoms with Crippen LogP contribution in [0.25, 0.3) is 0 Å². The fraction of sp³-hybridized carbons (Fsp3) is 0.562. The summed E-state index contributed by atoms with van der Waals surface area (Å²) in [5.41, 5.74) is 0.819. The van der Waals surface area contributed by atoms with Crippen molar-refractivity contribution in [1.29, 1.82) is 0 Å². The van der Waals surface area contributed by atoms with Crippen LogP contribution in [-0.2, 0) is 14.8 Å². The molecule has 23 heavy (non-hydrogen) atoms. The molecule has 0 aromatic heterocycles. The van der Waals surface area contributed by atoms with Gasteiger partial charge in [-0.05, 0) is 37.0 Å². The number of piperidine rings is 1. The molecule has 5 nitrogen and oxygen atoms in total. The zero-order chi connectivity index (χ0) is 16.6. The van der Waals surface area contributed by atoms with Gasteiger partial charge in [0.05, 0.1) is 10.6 Å². The second kappa shape index (κ2) is 6.45. The first kappa shape index (κ1) is 16.8. The number of benzene rings is 1. The van der Waals surface area contributed by atoms with Gasteiger partial charge < -0.3 is 4.90 Å². The van der Waals surface area contributed by atoms with Crippen LogP contribution in [0.1, 0.15) is 26.7 Å². The molecular formula is C16H22N2O3S2. The van der Waals surface area contributed by atoms with Crippen molar-refractivity contribution >= 4 is 33.4 Å². The zero-order valence-electron chi connectivity index (χ0n) is 13.5. The fourth-order valence-electron chi connectivity index (χ4n) is 3.06. The third-order valence-electron chi connectivity index (χ3n) is 4.56. The molecule has 0 unspecified atom stereocenters. The van der Waals surface area contributed by atoms with Gasteiger partial charge >= 0.3 is 0 Å². The Hall–Kier alpha value is -1.05. The monoisotopic (exact) mass is 354 g/mol. The SMILES string of the molecule is CC(=O)N1CCSc2cc(S(=O)(=O)N3CCC(C)CC3)ccc21. The molecule has 0 atom stereocenters. The van der Waals surface area contributed by atoms with Crippen molar-refractivity contribution < 1.29 is 13.2 Å². The fourth-order valence-corrected chi connectivity index (χ4v) is 5.66. The number of sulfonamides is 1. The van der Waals surface area contributed by atoms with Crippen LogP contribution >= 0.6 is 11.8 Å². The smallest absolute Gasteiger partial charge is 0.243 e. The van der Waals surface area contributed by atoms with E-state index in [0.717, 1.165) is 29.2 Å². The molecular weight excluding hydrogens is 332 g/mol. The summed E-state index contributed by atoms with van der Waals surface area (Å²) in [7, 11) is -3.44. The Kier molecular flexibility index (Phi) is 4.71. The van der Waals surface area contributed by atoms with Crippen molar-refractivity contribution in [3.8, 4) is 0 Å². The van der Waals surface area contributed by atoms with Crippen LogP contribution in [0.15, 0.2) is 28.0 Å². The molecule has 0 spiro atoms. The number of carbonyl (C=O) groups is 1. The molecule has 0 radical (unpaired) electrons. The molecule has 2 heterocycles. The van der Waals surface area contributed by atoms with Gasteiger partial charge in [-0.3, -0.25) is 4.79 Å². The molecule has 2 aliphatic heterocycles. The number of thioether (sulfide) groups is 1. The highest BCUT2D eigenvalue weighted by Gasteiger charge is 2.30. The van der Waals surface area contributed by atoms with Gasteiger partial charge in [0, 0.05) is 37.2 Å². The molecule has 1 aromatic carbocycles. The standard InChI is InChI=1S/C16H22N2O3S2/c1-12-5-7-17(8-6-12)23(20,21)14-3-4-15-16(11-14)22-10-9-18(15)13(2)19/h3-4,11-12H,5-10H2,1-2H3. The number of carbonyl (C=O) groups excluding carboxylic acids is 1. The Labute approximate surface area is 142 Å². The number of hydrogen-bond donors (Lipinski definition) is 0. The van der Waals surface area contributed by atoms with Crippen LogP contribution in [-0.4, -0.2) is 44.0 Å². The van der Waals surface area contributed by atoms with E-state index < -0.39 is 10.0 Å². The summed E-state index contributed by atoms with van der Waals surface area (Å²) in [5.74, 6) is 1.37. The number of anilines is 1. The molecule has 0 aliphatic carbocycles. The summed E-state index contributed by atoms with van der Waals surface area (Å²) in [6, 6.07) is 5.12. The zero-order valence-corrected chi connectivity index (χ0v) is 15.1. The average Bonchev–Trinajstić information content (AvgIpc) is 2.54. The quantitative estimate of drug-likeness (QED) is 0.819. The lowest BCUT2D eigenvalue weighted by molar-refractivity contribution is -0.116. The van der Waals surface area contributed by atoms with Crippen molar-refractivity contribution in [2.75, 3.05) is 30.3 Å². The lowest BCUT2D eigenvalue weighted by atomic mass is 10.0. The normalized spacial score (nSPS) is 20.3. The van der Waals surface area contributed by atoms with Gasteiger partial charge in [0.2, 0.25) is 15.9 Å². The van der Waals surface area contributed by atoms with E-state index >= 15 is 0 Å². The summed E-state index contributed by atoms with van der Waals surface area (Å²) in [6.45, 7) is 5.55. The molecule has 2 aliphatic rings. The molecule has 0 N–H and O–H groups in total. The Morgan fingerprint density at radius 1 is 1.22 bits per heavy atom. The van der Waals surface area contributed by atoms with Gasteiger partial charge in [-0.25, -0.2) is 8.42 Å². The maximum Gasteiger partial charge on any atom is 0.243 e. The van der Waals surface area contributed by atoms with E-state index in [4.69, 9.17) is 0 Å². The van der Waals surface area contributed by atoms with Gasteiger partial charge in [-0.15, -0.1) is 11.8 Å². The highest BCUT2D eigenvalue weighted by molar-refractivity contribution is 7.99. The summed E-state index contributed by atoms with van der Waals surface area (Å²) >= 11 is 1.61. The second-order valence-electron chi connectivity index (χ2n) is 6.24. The molecule has 7 heteroatoms. The third-order valence-corrected chi connectivity index (χ3v) is 7.47. The third kappa shape index (κ3) is 3.27. The van der Waals surface area contributed by atoms with Gasteiger partial charge in [-0.2, -0.15) is 4.31 Å². The largest absolute Gasteiger partial charge is 0.311 e. The highest BCUT2D eigenvalue weighted by Crippen LogP contribution is 2.37. The first-order valence-corrected chi connectivity index (χ1v) is 10.4. The Morgan fingerprint density at radius 2 is 1.91 bits per heavy atom. The first-order valence-electron chi connectivity index (χ1n) is 7.94. The molecule has 1 saturated heterocycles. The van der Waals surface area contributed by atoms with E-state index in [1.165, 1.54) is 0 Å². The number of rotatable bonds is 2. The van der Waals surface area contributed by atoms with E-state index in [2.05, 4.69) is 6.92 Å². The lowest BCUT2D eigenvalue weighted by Crippen LogP contribution is -2.38. The van der Waals surface area contributed by atoms with E-state index in [-0.39, 0.29) is 5.91 Å². The lowest BCUT2D eigenvalue weighted by Gasteiger charge is -2.31. The van der Waals surface area contributed by atoms with Gasteiger partial charge in [0.15, 0.2) is 0 Å². The van der Waals surface area contributed by atoms with Crippen LogP contribution in [0, 0.1) is 5.92 Å². The van der Waals surface area contributed by atoms with Gasteiger partial charge in [0.25, 0.3) is 0 Å². The summed E-state index contributed by atoms with van der Waals surface area (Å²) in [6.07, 6.45) is 1.83. The molecule has 0 bridgehead atoms. The molecule has 126 valence electrons. The maximum atomic E-state index is 12.8. The van der Waals surface area contributed by atoms with Crippen LogP contribution in [0.3, 0.4) is 0 Å². The summed E-state index contributed by atoms with van der Waals surface area (Å²) in [4.78, 5) is 14.6. The number of amides is 1. The Bertz CT molecular complexity index is 710. The van der Waals surface area contributed by atoms with Crippen molar-refractivity contribution in [2.24, 2.45) is 5.92 Å². The highest BCUT2D eigenvalue weighted by atomic mass is 32.2. The average molecular weight is 354 g/mol. The Balaban J connectivity index is 1.91. The predicted octanol–water partition coefficient (Wildman–Crippen LogP) is 2.57.